The lowest BCUT2D eigenvalue weighted by Crippen LogP contribution is -2.39. The molecule has 8 nitrogen and oxygen atoms in total. The Morgan fingerprint density at radius 2 is 2.00 bits per heavy atom. The molecule has 27 heavy (non-hydrogen) atoms. The maximum Gasteiger partial charge on any atom is 0.345 e. The van der Waals surface area contributed by atoms with Gasteiger partial charge in [-0.05, 0) is 51.9 Å². The van der Waals surface area contributed by atoms with Gasteiger partial charge in [-0.2, -0.15) is 5.10 Å². The van der Waals surface area contributed by atoms with Crippen molar-refractivity contribution in [3.05, 3.63) is 40.0 Å². The van der Waals surface area contributed by atoms with E-state index in [2.05, 4.69) is 5.10 Å². The second kappa shape index (κ2) is 8.12. The van der Waals surface area contributed by atoms with E-state index >= 15 is 0 Å². The Hall–Kier alpha value is -2.35. The molecule has 3 rings (SSSR count). The smallest absolute Gasteiger partial charge is 0.345 e. The second-order valence-electron chi connectivity index (χ2n) is 7.51. The normalized spacial score (nSPS) is 15.7. The predicted molar refractivity (Wildman–Crippen MR) is 102 cm³/mol. The molecule has 1 aliphatic heterocycles. The molecule has 0 spiro atoms. The number of rotatable bonds is 6. The van der Waals surface area contributed by atoms with E-state index in [4.69, 9.17) is 4.42 Å². The first-order valence-corrected chi connectivity index (χ1v) is 9.54. The minimum Gasteiger partial charge on any atom is -0.455 e. The largest absolute Gasteiger partial charge is 0.455 e. The van der Waals surface area contributed by atoms with E-state index in [1.54, 1.807) is 17.7 Å². The van der Waals surface area contributed by atoms with Crippen LogP contribution in [0.2, 0.25) is 0 Å². The summed E-state index contributed by atoms with van der Waals surface area (Å²) >= 11 is 0. The van der Waals surface area contributed by atoms with Gasteiger partial charge in [0.15, 0.2) is 5.76 Å². The minimum absolute atomic E-state index is 0.0400. The van der Waals surface area contributed by atoms with Crippen LogP contribution >= 0.6 is 0 Å². The summed E-state index contributed by atoms with van der Waals surface area (Å²) in [5, 5.41) is 4.37. The lowest BCUT2D eigenvalue weighted by Gasteiger charge is -2.31. The van der Waals surface area contributed by atoms with Gasteiger partial charge in [0.2, 0.25) is 0 Å². The van der Waals surface area contributed by atoms with Gasteiger partial charge in [-0.25, -0.2) is 9.48 Å². The van der Waals surface area contributed by atoms with Crippen molar-refractivity contribution >= 4 is 5.91 Å². The van der Waals surface area contributed by atoms with Crippen molar-refractivity contribution in [3.8, 4) is 0 Å². The van der Waals surface area contributed by atoms with Gasteiger partial charge in [-0.3, -0.25) is 9.36 Å². The first-order valence-electron chi connectivity index (χ1n) is 9.54. The molecule has 1 amide bonds. The third kappa shape index (κ3) is 4.32. The summed E-state index contributed by atoms with van der Waals surface area (Å²) in [4.78, 5) is 28.6. The summed E-state index contributed by atoms with van der Waals surface area (Å²) in [5.41, 5.74) is -0.0635. The fraction of sp³-hybridized carbons (Fsp3) is 0.632. The van der Waals surface area contributed by atoms with Crippen molar-refractivity contribution in [1.29, 1.82) is 0 Å². The first-order chi connectivity index (χ1) is 12.9. The lowest BCUT2D eigenvalue weighted by molar-refractivity contribution is 0.0654. The molecule has 1 saturated heterocycles. The van der Waals surface area contributed by atoms with E-state index in [0.29, 0.717) is 37.9 Å². The van der Waals surface area contributed by atoms with Gasteiger partial charge in [0.05, 0.1) is 6.54 Å². The third-order valence-corrected chi connectivity index (χ3v) is 5.12. The van der Waals surface area contributed by atoms with Crippen LogP contribution in [0.4, 0.5) is 0 Å². The molecule has 0 bridgehead atoms. The molecule has 8 heteroatoms. The zero-order chi connectivity index (χ0) is 19.6. The van der Waals surface area contributed by atoms with Gasteiger partial charge in [-0.15, -0.1) is 0 Å². The van der Waals surface area contributed by atoms with Crippen molar-refractivity contribution in [2.75, 3.05) is 27.2 Å². The van der Waals surface area contributed by atoms with E-state index in [1.165, 1.54) is 4.68 Å². The number of piperidine rings is 1. The molecule has 2 aromatic rings. The molecule has 0 atom stereocenters. The van der Waals surface area contributed by atoms with Crippen molar-refractivity contribution in [3.63, 3.8) is 0 Å². The average Bonchev–Trinajstić information content (AvgIpc) is 3.19. The summed E-state index contributed by atoms with van der Waals surface area (Å²) in [6.45, 7) is 4.68. The number of nitrogens with zero attached hydrogens (tertiary/aromatic N) is 5. The molecule has 0 aliphatic carbocycles. The summed E-state index contributed by atoms with van der Waals surface area (Å²) in [5.74, 6) is 2.44. The molecule has 0 saturated carbocycles. The van der Waals surface area contributed by atoms with Crippen LogP contribution in [0.25, 0.3) is 0 Å². The fourth-order valence-electron chi connectivity index (χ4n) is 3.67. The number of amides is 1. The number of aromatic nitrogens is 3. The highest BCUT2D eigenvalue weighted by atomic mass is 16.4. The van der Waals surface area contributed by atoms with Crippen LogP contribution in [0.15, 0.2) is 21.3 Å². The van der Waals surface area contributed by atoms with Crippen LogP contribution < -0.4 is 5.69 Å². The lowest BCUT2D eigenvalue weighted by atomic mass is 9.93. The van der Waals surface area contributed by atoms with E-state index in [9.17, 15) is 9.59 Å². The van der Waals surface area contributed by atoms with Crippen LogP contribution in [0, 0.1) is 5.92 Å². The number of aryl methyl sites for hydroxylation is 1. The van der Waals surface area contributed by atoms with Crippen LogP contribution in [0.5, 0.6) is 0 Å². The van der Waals surface area contributed by atoms with E-state index < -0.39 is 0 Å². The van der Waals surface area contributed by atoms with Gasteiger partial charge in [0, 0.05) is 33.1 Å². The van der Waals surface area contributed by atoms with Crippen LogP contribution in [-0.4, -0.2) is 57.2 Å². The number of hydrogen-bond donors (Lipinski definition) is 0. The quantitative estimate of drug-likeness (QED) is 0.762. The predicted octanol–water partition coefficient (Wildman–Crippen LogP) is 1.35. The zero-order valence-electron chi connectivity index (χ0n) is 16.6. The van der Waals surface area contributed by atoms with Gasteiger partial charge in [0.1, 0.15) is 11.6 Å². The summed E-state index contributed by atoms with van der Waals surface area (Å²) in [6, 6.07) is 3.63. The molecule has 148 valence electrons. The van der Waals surface area contributed by atoms with E-state index in [0.717, 1.165) is 30.8 Å². The van der Waals surface area contributed by atoms with Crippen molar-refractivity contribution in [1.82, 2.24) is 24.1 Å². The molecule has 3 heterocycles. The number of furan rings is 1. The van der Waals surface area contributed by atoms with Crippen molar-refractivity contribution in [2.45, 2.75) is 39.3 Å². The molecule has 0 aromatic carbocycles. The summed E-state index contributed by atoms with van der Waals surface area (Å²) < 4.78 is 8.83. The number of hydrogen-bond acceptors (Lipinski definition) is 5. The molecule has 0 N–H and O–H groups in total. The summed E-state index contributed by atoms with van der Waals surface area (Å²) in [7, 11) is 5.62. The molecule has 1 fully saturated rings. The summed E-state index contributed by atoms with van der Waals surface area (Å²) in [6.07, 6.45) is 2.59. The number of likely N-dealkylation sites (tertiary alicyclic amines) is 1. The van der Waals surface area contributed by atoms with Crippen molar-refractivity contribution in [2.24, 2.45) is 13.0 Å². The zero-order valence-corrected chi connectivity index (χ0v) is 16.6. The van der Waals surface area contributed by atoms with Crippen molar-refractivity contribution < 1.29 is 9.21 Å². The highest BCUT2D eigenvalue weighted by molar-refractivity contribution is 5.91. The Morgan fingerprint density at radius 3 is 2.63 bits per heavy atom. The molecule has 2 aromatic heterocycles. The monoisotopic (exact) mass is 375 g/mol. The minimum atomic E-state index is -0.0635. The van der Waals surface area contributed by atoms with Crippen LogP contribution in [0.1, 0.15) is 41.9 Å². The standard InChI is InChI=1S/C19H29N5O3/c1-5-24-17(20-22(4)19(24)26)12-14-8-10-23(11-9-14)18(25)16-7-6-15(27-16)13-21(2)3/h6-7,14H,5,8-13H2,1-4H3. The van der Waals surface area contributed by atoms with E-state index in [1.807, 2.05) is 36.9 Å². The number of carbonyl (C=O) groups is 1. The fourth-order valence-corrected chi connectivity index (χ4v) is 3.67. The Balaban J connectivity index is 1.57. The Morgan fingerprint density at radius 1 is 1.30 bits per heavy atom. The first kappa shape index (κ1) is 19.4. The van der Waals surface area contributed by atoms with Gasteiger partial charge in [-0.1, -0.05) is 0 Å². The highest BCUT2D eigenvalue weighted by Crippen LogP contribution is 2.23. The molecule has 0 radical (unpaired) electrons. The maximum atomic E-state index is 12.7. The van der Waals surface area contributed by atoms with Gasteiger partial charge >= 0.3 is 5.69 Å². The Labute approximate surface area is 159 Å². The second-order valence-corrected chi connectivity index (χ2v) is 7.51. The number of carbonyl (C=O) groups excluding carboxylic acids is 1. The Kier molecular flexibility index (Phi) is 5.84. The topological polar surface area (TPSA) is 76.5 Å². The van der Waals surface area contributed by atoms with E-state index in [-0.39, 0.29) is 11.6 Å². The average molecular weight is 375 g/mol. The van der Waals surface area contributed by atoms with Gasteiger partial charge in [0.25, 0.3) is 5.91 Å². The van der Waals surface area contributed by atoms with Gasteiger partial charge < -0.3 is 14.2 Å². The van der Waals surface area contributed by atoms with Crippen LogP contribution in [0.3, 0.4) is 0 Å². The maximum absolute atomic E-state index is 12.7. The molecule has 0 unspecified atom stereocenters. The molecular weight excluding hydrogens is 346 g/mol. The Bertz CT molecular complexity index is 840. The van der Waals surface area contributed by atoms with Crippen LogP contribution in [-0.2, 0) is 26.6 Å². The molecular formula is C19H29N5O3. The molecule has 1 aliphatic rings. The third-order valence-electron chi connectivity index (χ3n) is 5.12. The SMILES string of the molecule is CCn1c(CC2CCN(C(=O)c3ccc(CN(C)C)o3)CC2)nn(C)c1=O. The highest BCUT2D eigenvalue weighted by Gasteiger charge is 2.27.